The summed E-state index contributed by atoms with van der Waals surface area (Å²) in [5.74, 6) is 5.71. The van der Waals surface area contributed by atoms with E-state index in [1.807, 2.05) is 36.5 Å². The molecular formula is C15H18ClN3. The first-order valence-corrected chi connectivity index (χ1v) is 6.75. The van der Waals surface area contributed by atoms with Crippen LogP contribution in [0, 0.1) is 0 Å². The Bertz CT molecular complexity index is 525. The molecule has 3 nitrogen and oxygen atoms in total. The van der Waals surface area contributed by atoms with Gasteiger partial charge in [-0.05, 0) is 47.7 Å². The SMILES string of the molecule is CCc1cnccc1C(Cc1ccc(Cl)cc1)NN. The first-order valence-electron chi connectivity index (χ1n) is 6.38. The van der Waals surface area contributed by atoms with Gasteiger partial charge in [-0.3, -0.25) is 16.3 Å². The smallest absolute Gasteiger partial charge is 0.0504 e. The molecular weight excluding hydrogens is 258 g/mol. The number of hydrazine groups is 1. The fraction of sp³-hybridized carbons (Fsp3) is 0.267. The fourth-order valence-electron chi connectivity index (χ4n) is 2.19. The zero-order valence-electron chi connectivity index (χ0n) is 10.9. The molecule has 0 spiro atoms. The maximum Gasteiger partial charge on any atom is 0.0504 e. The molecule has 0 bridgehead atoms. The fourth-order valence-corrected chi connectivity index (χ4v) is 2.31. The summed E-state index contributed by atoms with van der Waals surface area (Å²) in [5, 5.41) is 0.749. The summed E-state index contributed by atoms with van der Waals surface area (Å²) in [5.41, 5.74) is 6.52. The second-order valence-electron chi connectivity index (χ2n) is 4.48. The average Bonchev–Trinajstić information content (AvgIpc) is 2.46. The van der Waals surface area contributed by atoms with Gasteiger partial charge in [0.1, 0.15) is 0 Å². The third-order valence-corrected chi connectivity index (χ3v) is 3.50. The van der Waals surface area contributed by atoms with Crippen molar-refractivity contribution in [3.05, 3.63) is 64.4 Å². The van der Waals surface area contributed by atoms with E-state index in [1.165, 1.54) is 16.7 Å². The zero-order chi connectivity index (χ0) is 13.7. The lowest BCUT2D eigenvalue weighted by molar-refractivity contribution is 0.547. The summed E-state index contributed by atoms with van der Waals surface area (Å²) in [6.07, 6.45) is 5.48. The van der Waals surface area contributed by atoms with Gasteiger partial charge in [0.15, 0.2) is 0 Å². The van der Waals surface area contributed by atoms with Gasteiger partial charge in [0, 0.05) is 17.4 Å². The molecule has 2 aromatic rings. The number of hydrogen-bond donors (Lipinski definition) is 2. The zero-order valence-corrected chi connectivity index (χ0v) is 11.7. The van der Waals surface area contributed by atoms with E-state index in [4.69, 9.17) is 17.4 Å². The standard InChI is InChI=1S/C15H18ClN3/c1-2-12-10-18-8-7-14(12)15(19-17)9-11-3-5-13(16)6-4-11/h3-8,10,15,19H,2,9,17H2,1H3. The highest BCUT2D eigenvalue weighted by Crippen LogP contribution is 2.22. The van der Waals surface area contributed by atoms with Gasteiger partial charge in [0.2, 0.25) is 0 Å². The van der Waals surface area contributed by atoms with Crippen LogP contribution in [0.25, 0.3) is 0 Å². The maximum atomic E-state index is 5.90. The topological polar surface area (TPSA) is 50.9 Å². The molecule has 19 heavy (non-hydrogen) atoms. The molecule has 0 saturated carbocycles. The second kappa shape index (κ2) is 6.66. The van der Waals surface area contributed by atoms with Crippen LogP contribution in [0.2, 0.25) is 5.02 Å². The van der Waals surface area contributed by atoms with Crippen LogP contribution >= 0.6 is 11.6 Å². The Balaban J connectivity index is 2.22. The van der Waals surface area contributed by atoms with Crippen LogP contribution in [0.5, 0.6) is 0 Å². The van der Waals surface area contributed by atoms with Crippen LogP contribution in [0.3, 0.4) is 0 Å². The van der Waals surface area contributed by atoms with E-state index < -0.39 is 0 Å². The van der Waals surface area contributed by atoms with Crippen molar-refractivity contribution in [1.82, 2.24) is 10.4 Å². The van der Waals surface area contributed by atoms with E-state index in [0.717, 1.165) is 17.9 Å². The molecule has 4 heteroatoms. The average molecular weight is 276 g/mol. The Hall–Kier alpha value is -1.42. The Morgan fingerprint density at radius 2 is 2.00 bits per heavy atom. The third-order valence-electron chi connectivity index (χ3n) is 3.25. The molecule has 0 aliphatic heterocycles. The predicted molar refractivity (Wildman–Crippen MR) is 78.8 cm³/mol. The maximum absolute atomic E-state index is 5.90. The van der Waals surface area contributed by atoms with Crippen molar-refractivity contribution in [3.63, 3.8) is 0 Å². The minimum Gasteiger partial charge on any atom is -0.271 e. The number of nitrogens with zero attached hydrogens (tertiary/aromatic N) is 1. The largest absolute Gasteiger partial charge is 0.271 e. The molecule has 2 rings (SSSR count). The van der Waals surface area contributed by atoms with Gasteiger partial charge in [-0.2, -0.15) is 0 Å². The van der Waals surface area contributed by atoms with E-state index in [9.17, 15) is 0 Å². The number of hydrogen-bond acceptors (Lipinski definition) is 3. The summed E-state index contributed by atoms with van der Waals surface area (Å²) in [6, 6.07) is 9.97. The van der Waals surface area contributed by atoms with Crippen LogP contribution in [-0.4, -0.2) is 4.98 Å². The molecule has 0 fully saturated rings. The number of aromatic nitrogens is 1. The minimum absolute atomic E-state index is 0.0825. The van der Waals surface area contributed by atoms with Gasteiger partial charge in [-0.25, -0.2) is 0 Å². The lowest BCUT2D eigenvalue weighted by Gasteiger charge is -2.19. The van der Waals surface area contributed by atoms with E-state index in [1.54, 1.807) is 6.20 Å². The van der Waals surface area contributed by atoms with Gasteiger partial charge in [-0.15, -0.1) is 0 Å². The van der Waals surface area contributed by atoms with Crippen molar-refractivity contribution in [2.75, 3.05) is 0 Å². The van der Waals surface area contributed by atoms with Crippen LogP contribution < -0.4 is 11.3 Å². The third kappa shape index (κ3) is 3.53. The Kier molecular flexibility index (Phi) is 4.91. The number of nitrogens with two attached hydrogens (primary N) is 1. The van der Waals surface area contributed by atoms with E-state index in [2.05, 4.69) is 17.3 Å². The number of benzene rings is 1. The molecule has 1 unspecified atom stereocenters. The van der Waals surface area contributed by atoms with Gasteiger partial charge in [0.25, 0.3) is 0 Å². The highest BCUT2D eigenvalue weighted by Gasteiger charge is 2.13. The van der Waals surface area contributed by atoms with Crippen molar-refractivity contribution in [1.29, 1.82) is 0 Å². The molecule has 0 saturated heterocycles. The predicted octanol–water partition coefficient (Wildman–Crippen LogP) is 3.04. The van der Waals surface area contributed by atoms with Crippen LogP contribution in [0.4, 0.5) is 0 Å². The first kappa shape index (κ1) is 14.0. The summed E-state index contributed by atoms with van der Waals surface area (Å²) in [7, 11) is 0. The Labute approximate surface area is 118 Å². The molecule has 0 amide bonds. The van der Waals surface area contributed by atoms with Gasteiger partial charge in [-0.1, -0.05) is 30.7 Å². The molecule has 1 atom stereocenters. The van der Waals surface area contributed by atoms with Crippen molar-refractivity contribution in [3.8, 4) is 0 Å². The summed E-state index contributed by atoms with van der Waals surface area (Å²) < 4.78 is 0. The molecule has 0 aliphatic carbocycles. The van der Waals surface area contributed by atoms with E-state index in [-0.39, 0.29) is 6.04 Å². The van der Waals surface area contributed by atoms with Crippen molar-refractivity contribution < 1.29 is 0 Å². The van der Waals surface area contributed by atoms with Crippen molar-refractivity contribution >= 4 is 11.6 Å². The van der Waals surface area contributed by atoms with Crippen LogP contribution in [-0.2, 0) is 12.8 Å². The number of halogens is 1. The monoisotopic (exact) mass is 275 g/mol. The van der Waals surface area contributed by atoms with Crippen LogP contribution in [0.1, 0.15) is 29.7 Å². The van der Waals surface area contributed by atoms with Crippen LogP contribution in [0.15, 0.2) is 42.7 Å². The number of rotatable bonds is 5. The Morgan fingerprint density at radius 1 is 1.26 bits per heavy atom. The van der Waals surface area contributed by atoms with Crippen molar-refractivity contribution in [2.45, 2.75) is 25.8 Å². The van der Waals surface area contributed by atoms with Crippen molar-refractivity contribution in [2.24, 2.45) is 5.84 Å². The molecule has 1 heterocycles. The van der Waals surface area contributed by atoms with Gasteiger partial charge in [0.05, 0.1) is 6.04 Å². The van der Waals surface area contributed by atoms with E-state index in [0.29, 0.717) is 0 Å². The van der Waals surface area contributed by atoms with Gasteiger partial charge >= 0.3 is 0 Å². The lowest BCUT2D eigenvalue weighted by Crippen LogP contribution is -2.30. The lowest BCUT2D eigenvalue weighted by atomic mass is 9.96. The van der Waals surface area contributed by atoms with E-state index >= 15 is 0 Å². The molecule has 3 N–H and O–H groups in total. The highest BCUT2D eigenvalue weighted by atomic mass is 35.5. The Morgan fingerprint density at radius 3 is 2.63 bits per heavy atom. The highest BCUT2D eigenvalue weighted by molar-refractivity contribution is 6.30. The first-order chi connectivity index (χ1) is 9.24. The number of pyridine rings is 1. The second-order valence-corrected chi connectivity index (χ2v) is 4.91. The normalized spacial score (nSPS) is 12.4. The number of nitrogens with one attached hydrogen (secondary N) is 1. The quantitative estimate of drug-likeness (QED) is 0.651. The molecule has 1 aromatic carbocycles. The molecule has 100 valence electrons. The summed E-state index contributed by atoms with van der Waals surface area (Å²) >= 11 is 5.90. The molecule has 1 aromatic heterocycles. The molecule has 0 aliphatic rings. The number of aryl methyl sites for hydroxylation is 1. The molecule has 0 radical (unpaired) electrons. The summed E-state index contributed by atoms with van der Waals surface area (Å²) in [6.45, 7) is 2.12. The minimum atomic E-state index is 0.0825. The summed E-state index contributed by atoms with van der Waals surface area (Å²) in [4.78, 5) is 4.17. The van der Waals surface area contributed by atoms with Gasteiger partial charge < -0.3 is 0 Å².